The van der Waals surface area contributed by atoms with Crippen molar-refractivity contribution in [2.45, 2.75) is 26.0 Å². The van der Waals surface area contributed by atoms with Gasteiger partial charge in [-0.1, -0.05) is 11.6 Å². The van der Waals surface area contributed by atoms with E-state index in [-0.39, 0.29) is 11.3 Å². The van der Waals surface area contributed by atoms with E-state index in [1.54, 1.807) is 36.3 Å². The first kappa shape index (κ1) is 23.4. The Hall–Kier alpha value is -3.80. The fraction of sp³-hybridized carbons (Fsp3) is 0.286. The molecule has 3 N–H and O–H groups in total. The monoisotopic (exact) mass is 489 g/mol. The molecular weight excluding hydrogens is 468 g/mol. The Labute approximate surface area is 198 Å². The second kappa shape index (κ2) is 10.00. The highest BCUT2D eigenvalue weighted by atomic mass is 35.5. The van der Waals surface area contributed by atoms with E-state index in [4.69, 9.17) is 22.1 Å². The highest BCUT2D eigenvalue weighted by molar-refractivity contribution is 6.29. The second-order valence-corrected chi connectivity index (χ2v) is 7.83. The number of halogens is 3. The van der Waals surface area contributed by atoms with Gasteiger partial charge in [0.05, 0.1) is 18.0 Å². The molecule has 0 aliphatic heterocycles. The van der Waals surface area contributed by atoms with E-state index in [0.29, 0.717) is 57.7 Å². The Morgan fingerprint density at radius 2 is 2.03 bits per heavy atom. The number of hydrogen-bond acceptors (Lipinski definition) is 8. The molecule has 0 saturated heterocycles. The molecule has 0 bridgehead atoms. The molecule has 178 valence electrons. The van der Waals surface area contributed by atoms with Crippen molar-refractivity contribution in [3.05, 3.63) is 48.1 Å². The number of ether oxygens (including phenoxy) is 1. The molecule has 0 unspecified atom stereocenters. The van der Waals surface area contributed by atoms with Gasteiger partial charge in [0.15, 0.2) is 5.82 Å². The summed E-state index contributed by atoms with van der Waals surface area (Å²) in [6.07, 6.45) is 6.30. The fourth-order valence-electron chi connectivity index (χ4n) is 3.25. The van der Waals surface area contributed by atoms with E-state index >= 15 is 0 Å². The molecule has 0 aliphatic rings. The third-order valence-electron chi connectivity index (χ3n) is 4.94. The highest BCUT2D eigenvalue weighted by Gasteiger charge is 2.18. The molecule has 0 spiro atoms. The van der Waals surface area contributed by atoms with Crippen LogP contribution >= 0.6 is 11.6 Å². The molecule has 4 aromatic rings. The maximum absolute atomic E-state index is 12.9. The van der Waals surface area contributed by atoms with Crippen LogP contribution in [0.3, 0.4) is 0 Å². The third kappa shape index (κ3) is 5.22. The molecule has 1 atom stereocenters. The molecule has 0 radical (unpaired) electrons. The van der Waals surface area contributed by atoms with Crippen molar-refractivity contribution in [1.82, 2.24) is 34.5 Å². The zero-order chi connectivity index (χ0) is 24.2. The zero-order valence-electron chi connectivity index (χ0n) is 18.4. The van der Waals surface area contributed by atoms with Gasteiger partial charge in [0.1, 0.15) is 16.5 Å². The van der Waals surface area contributed by atoms with E-state index in [2.05, 4.69) is 30.5 Å². The van der Waals surface area contributed by atoms with Crippen LogP contribution in [0.5, 0.6) is 5.88 Å². The van der Waals surface area contributed by atoms with Crippen LogP contribution in [-0.4, -0.2) is 47.2 Å². The number of nitrogens with two attached hydrogens (primary N) is 1. The van der Waals surface area contributed by atoms with Gasteiger partial charge >= 0.3 is 6.55 Å². The predicted molar refractivity (Wildman–Crippen MR) is 124 cm³/mol. The first-order chi connectivity index (χ1) is 16.3. The smallest absolute Gasteiger partial charge is 0.333 e. The van der Waals surface area contributed by atoms with Gasteiger partial charge in [0, 0.05) is 49.9 Å². The summed E-state index contributed by atoms with van der Waals surface area (Å²) in [5, 5.41) is 11.7. The van der Waals surface area contributed by atoms with Gasteiger partial charge in [0.25, 0.3) is 0 Å². The average Bonchev–Trinajstić information content (AvgIpc) is 3.42. The zero-order valence-corrected chi connectivity index (χ0v) is 19.1. The summed E-state index contributed by atoms with van der Waals surface area (Å²) in [5.41, 5.74) is 7.95. The van der Waals surface area contributed by atoms with Crippen molar-refractivity contribution < 1.29 is 13.5 Å². The van der Waals surface area contributed by atoms with Crippen molar-refractivity contribution in [3.8, 4) is 28.5 Å². The highest BCUT2D eigenvalue weighted by Crippen LogP contribution is 2.30. The van der Waals surface area contributed by atoms with Gasteiger partial charge < -0.3 is 15.8 Å². The number of anilines is 2. The summed E-state index contributed by atoms with van der Waals surface area (Å²) in [7, 11) is 1.76. The number of pyridine rings is 1. The number of nitrogens with zero attached hydrogens (tertiary/aromatic N) is 7. The Kier molecular flexibility index (Phi) is 6.87. The SMILES string of the molecule is C[C@@H](CCNc1cc(Cl)ncc1-c1ccn(C(F)F)n1)Oc1c(-c2nccc(N)n2)cnn1C. The summed E-state index contributed by atoms with van der Waals surface area (Å²) in [6, 6.07) is 4.72. The molecule has 0 saturated carbocycles. The number of aryl methyl sites for hydroxylation is 1. The number of alkyl halides is 2. The third-order valence-corrected chi connectivity index (χ3v) is 5.14. The lowest BCUT2D eigenvalue weighted by Crippen LogP contribution is -2.19. The van der Waals surface area contributed by atoms with Gasteiger partial charge in [-0.2, -0.15) is 19.0 Å². The van der Waals surface area contributed by atoms with Crippen LogP contribution in [0.2, 0.25) is 5.15 Å². The Morgan fingerprint density at radius 1 is 1.21 bits per heavy atom. The Morgan fingerprint density at radius 3 is 2.76 bits per heavy atom. The predicted octanol–water partition coefficient (Wildman–Crippen LogP) is 4.04. The second-order valence-electron chi connectivity index (χ2n) is 7.45. The van der Waals surface area contributed by atoms with Crippen molar-refractivity contribution >= 4 is 23.1 Å². The van der Waals surface area contributed by atoms with Crippen LogP contribution in [0, 0.1) is 0 Å². The maximum Gasteiger partial charge on any atom is 0.333 e. The molecule has 34 heavy (non-hydrogen) atoms. The van der Waals surface area contributed by atoms with E-state index in [9.17, 15) is 8.78 Å². The summed E-state index contributed by atoms with van der Waals surface area (Å²) in [5.74, 6) is 1.29. The number of rotatable bonds is 9. The summed E-state index contributed by atoms with van der Waals surface area (Å²) >= 11 is 6.05. The lowest BCUT2D eigenvalue weighted by atomic mass is 10.1. The number of nitrogen functional groups attached to an aromatic ring is 1. The molecule has 4 aromatic heterocycles. The van der Waals surface area contributed by atoms with E-state index in [1.807, 2.05) is 6.92 Å². The number of aromatic nitrogens is 7. The van der Waals surface area contributed by atoms with Crippen LogP contribution in [-0.2, 0) is 7.05 Å². The molecule has 0 aromatic carbocycles. The minimum Gasteiger partial charge on any atom is -0.474 e. The van der Waals surface area contributed by atoms with Gasteiger partial charge in [0.2, 0.25) is 5.88 Å². The van der Waals surface area contributed by atoms with E-state index in [1.165, 1.54) is 18.5 Å². The minimum atomic E-state index is -2.72. The number of hydrogen-bond donors (Lipinski definition) is 2. The molecule has 0 amide bonds. The van der Waals surface area contributed by atoms with Crippen molar-refractivity contribution in [2.24, 2.45) is 7.05 Å². The van der Waals surface area contributed by atoms with Crippen LogP contribution in [0.15, 0.2) is 43.0 Å². The molecule has 10 nitrogen and oxygen atoms in total. The van der Waals surface area contributed by atoms with Crippen molar-refractivity contribution in [3.63, 3.8) is 0 Å². The molecule has 4 rings (SSSR count). The Bertz CT molecular complexity index is 1280. The lowest BCUT2D eigenvalue weighted by molar-refractivity contribution is 0.0568. The van der Waals surface area contributed by atoms with Crippen LogP contribution in [0.4, 0.5) is 20.3 Å². The standard InChI is InChI=1S/C21H22ClF2N9O/c1-12(34-20-14(11-29-32(20)2)19-27-7-4-18(25)30-19)3-6-26-16-9-17(22)28-10-13(16)15-5-8-33(31-15)21(23)24/h4-5,7-12,21H,3,6H2,1-2H3,(H,26,28)(H2,25,27,30)/t12-/m0/s1. The summed E-state index contributed by atoms with van der Waals surface area (Å²) < 4.78 is 34.1. The van der Waals surface area contributed by atoms with Crippen molar-refractivity contribution in [1.29, 1.82) is 0 Å². The summed E-state index contributed by atoms with van der Waals surface area (Å²) in [4.78, 5) is 12.5. The minimum absolute atomic E-state index is 0.207. The van der Waals surface area contributed by atoms with Gasteiger partial charge in [-0.25, -0.2) is 24.3 Å². The molecule has 0 fully saturated rings. The summed E-state index contributed by atoms with van der Waals surface area (Å²) in [6.45, 7) is -0.298. The molecular formula is C21H22ClF2N9O. The molecule has 0 aliphatic carbocycles. The van der Waals surface area contributed by atoms with Gasteiger partial charge in [-0.15, -0.1) is 0 Å². The maximum atomic E-state index is 12.9. The van der Waals surface area contributed by atoms with Crippen LogP contribution in [0.25, 0.3) is 22.6 Å². The van der Waals surface area contributed by atoms with Crippen LogP contribution < -0.4 is 15.8 Å². The average molecular weight is 490 g/mol. The lowest BCUT2D eigenvalue weighted by Gasteiger charge is -2.17. The molecule has 13 heteroatoms. The normalized spacial score (nSPS) is 12.2. The fourth-order valence-corrected chi connectivity index (χ4v) is 3.41. The topological polar surface area (TPSA) is 122 Å². The largest absolute Gasteiger partial charge is 0.474 e. The van der Waals surface area contributed by atoms with Gasteiger partial charge in [-0.05, 0) is 25.1 Å². The van der Waals surface area contributed by atoms with Gasteiger partial charge in [-0.3, -0.25) is 0 Å². The first-order valence-electron chi connectivity index (χ1n) is 10.3. The van der Waals surface area contributed by atoms with E-state index < -0.39 is 6.55 Å². The molecule has 4 heterocycles. The van der Waals surface area contributed by atoms with E-state index in [0.717, 1.165) is 0 Å². The number of nitrogens with one attached hydrogen (secondary N) is 1. The Balaban J connectivity index is 1.43. The quantitative estimate of drug-likeness (QED) is 0.338. The van der Waals surface area contributed by atoms with Crippen molar-refractivity contribution in [2.75, 3.05) is 17.6 Å². The van der Waals surface area contributed by atoms with Crippen LogP contribution in [0.1, 0.15) is 19.9 Å². The first-order valence-corrected chi connectivity index (χ1v) is 10.7.